The second kappa shape index (κ2) is 8.92. The Morgan fingerprint density at radius 2 is 2.11 bits per heavy atom. The van der Waals surface area contributed by atoms with Crippen LogP contribution in [0.1, 0.15) is 40.5 Å². The molecule has 0 radical (unpaired) electrons. The fraction of sp³-hybridized carbons (Fsp3) is 0.923. The van der Waals surface area contributed by atoms with E-state index in [4.69, 9.17) is 4.74 Å². The van der Waals surface area contributed by atoms with Gasteiger partial charge in [-0.3, -0.25) is 0 Å². The van der Waals surface area contributed by atoms with Crippen molar-refractivity contribution in [3.63, 3.8) is 0 Å². The quantitative estimate of drug-likeness (QED) is 0.685. The van der Waals surface area contributed by atoms with Gasteiger partial charge in [0.05, 0.1) is 0 Å². The van der Waals surface area contributed by atoms with Gasteiger partial charge in [-0.05, 0) is 39.5 Å². The number of likely N-dealkylation sites (tertiary alicyclic amines) is 1. The maximum atomic E-state index is 11.9. The molecule has 1 fully saturated rings. The molecule has 1 unspecified atom stereocenters. The molecule has 0 spiro atoms. The Bertz CT molecular complexity index is 254. The molecule has 1 amide bonds. The topological polar surface area (TPSA) is 43.6 Å². The Hall–Kier alpha value is 0.866. The maximum absolute atomic E-state index is 11.9. The van der Waals surface area contributed by atoms with Gasteiger partial charge in [0.25, 0.3) is 0 Å². The molecule has 0 aromatic heterocycles. The predicted molar refractivity (Wildman–Crippen MR) is 69.3 cm³/mol. The fourth-order valence-corrected chi connectivity index (χ4v) is 2.02. The van der Waals surface area contributed by atoms with Crippen LogP contribution in [-0.2, 0) is 4.74 Å². The van der Waals surface area contributed by atoms with Gasteiger partial charge in [-0.2, -0.15) is 6.54 Å². The van der Waals surface area contributed by atoms with Crippen LogP contribution >= 0.6 is 0 Å². The Labute approximate surface area is 154 Å². The second-order valence-electron chi connectivity index (χ2n) is 5.66. The summed E-state index contributed by atoms with van der Waals surface area (Å²) < 4.78 is 5.39. The standard InChI is InChI=1S/C13H25N2O2.K/c1-5-14-9-11-7-6-8-15(10-11)12(16)17-13(2,3)4;/h11H,5-10H2,1-4H3;/q-1;+1. The largest absolute Gasteiger partial charge is 1.00 e. The van der Waals surface area contributed by atoms with Crippen molar-refractivity contribution in [2.45, 2.75) is 46.1 Å². The molecule has 1 rings (SSSR count). The van der Waals surface area contributed by atoms with E-state index in [1.807, 2.05) is 25.7 Å². The number of carbonyl (C=O) groups is 1. The number of amides is 1. The zero-order valence-electron chi connectivity index (χ0n) is 12.5. The van der Waals surface area contributed by atoms with Crippen molar-refractivity contribution >= 4 is 6.09 Å². The van der Waals surface area contributed by atoms with E-state index in [1.54, 1.807) is 0 Å². The number of piperidine rings is 1. The van der Waals surface area contributed by atoms with Crippen molar-refractivity contribution < 1.29 is 60.9 Å². The number of ether oxygens (including phenoxy) is 1. The predicted octanol–water partition coefficient (Wildman–Crippen LogP) is 0.0311. The molecular weight excluding hydrogens is 255 g/mol. The van der Waals surface area contributed by atoms with Gasteiger partial charge in [-0.25, -0.2) is 4.79 Å². The van der Waals surface area contributed by atoms with Crippen LogP contribution in [0.15, 0.2) is 0 Å². The van der Waals surface area contributed by atoms with E-state index in [0.29, 0.717) is 5.92 Å². The van der Waals surface area contributed by atoms with Crippen LogP contribution < -0.4 is 51.4 Å². The molecule has 0 aromatic rings. The molecule has 100 valence electrons. The Balaban J connectivity index is 0.00000289. The van der Waals surface area contributed by atoms with Gasteiger partial charge < -0.3 is 15.0 Å². The first-order valence-electron chi connectivity index (χ1n) is 6.53. The summed E-state index contributed by atoms with van der Waals surface area (Å²) in [5, 5.41) is 4.39. The van der Waals surface area contributed by atoms with Crippen molar-refractivity contribution in [1.82, 2.24) is 4.90 Å². The van der Waals surface area contributed by atoms with E-state index in [-0.39, 0.29) is 57.5 Å². The third-order valence-corrected chi connectivity index (χ3v) is 2.78. The minimum Gasteiger partial charge on any atom is -0.662 e. The summed E-state index contributed by atoms with van der Waals surface area (Å²) in [7, 11) is 0. The van der Waals surface area contributed by atoms with Gasteiger partial charge in [0.15, 0.2) is 0 Å². The van der Waals surface area contributed by atoms with Crippen LogP contribution in [0, 0.1) is 5.92 Å². The van der Waals surface area contributed by atoms with E-state index in [1.165, 1.54) is 6.42 Å². The molecule has 0 saturated carbocycles. The Morgan fingerprint density at radius 3 is 2.67 bits per heavy atom. The molecule has 0 aliphatic carbocycles. The maximum Gasteiger partial charge on any atom is 1.00 e. The summed E-state index contributed by atoms with van der Waals surface area (Å²) in [6, 6.07) is 0. The first kappa shape index (κ1) is 18.9. The molecule has 1 aliphatic rings. The smallest absolute Gasteiger partial charge is 0.662 e. The SMILES string of the molecule is CC[N-]CC1CCCN(C(=O)OC(C)(C)C)C1.[K+]. The Morgan fingerprint density at radius 1 is 1.44 bits per heavy atom. The van der Waals surface area contributed by atoms with Crippen LogP contribution in [0.5, 0.6) is 0 Å². The number of hydrogen-bond acceptors (Lipinski definition) is 2. The van der Waals surface area contributed by atoms with Crippen LogP contribution in [0.4, 0.5) is 4.79 Å². The number of nitrogens with zero attached hydrogens (tertiary/aromatic N) is 2. The fourth-order valence-electron chi connectivity index (χ4n) is 2.02. The van der Waals surface area contributed by atoms with Crippen molar-refractivity contribution in [3.8, 4) is 0 Å². The number of rotatable bonds is 3. The van der Waals surface area contributed by atoms with Crippen molar-refractivity contribution in [1.29, 1.82) is 0 Å². The van der Waals surface area contributed by atoms with E-state index in [9.17, 15) is 4.79 Å². The molecular formula is C13H25KN2O2. The molecule has 18 heavy (non-hydrogen) atoms. The van der Waals surface area contributed by atoms with Crippen LogP contribution in [-0.4, -0.2) is 42.8 Å². The minimum absolute atomic E-state index is 0. The molecule has 5 heteroatoms. The van der Waals surface area contributed by atoms with Gasteiger partial charge in [-0.15, -0.1) is 6.54 Å². The molecule has 1 aliphatic heterocycles. The van der Waals surface area contributed by atoms with Crippen molar-refractivity contribution in [3.05, 3.63) is 5.32 Å². The number of hydrogen-bond donors (Lipinski definition) is 0. The molecule has 0 aromatic carbocycles. The first-order valence-corrected chi connectivity index (χ1v) is 6.53. The third kappa shape index (κ3) is 7.45. The summed E-state index contributed by atoms with van der Waals surface area (Å²) in [5.41, 5.74) is -0.405. The summed E-state index contributed by atoms with van der Waals surface area (Å²) in [6.07, 6.45) is 2.05. The minimum atomic E-state index is -0.405. The van der Waals surface area contributed by atoms with E-state index in [2.05, 4.69) is 12.2 Å². The second-order valence-corrected chi connectivity index (χ2v) is 5.66. The normalized spacial score (nSPS) is 20.2. The average molecular weight is 280 g/mol. The zero-order chi connectivity index (χ0) is 12.9. The molecule has 0 N–H and O–H groups in total. The Kier molecular flexibility index (Phi) is 9.35. The molecule has 4 nitrogen and oxygen atoms in total. The van der Waals surface area contributed by atoms with E-state index < -0.39 is 5.60 Å². The summed E-state index contributed by atoms with van der Waals surface area (Å²) in [5.74, 6) is 0.510. The summed E-state index contributed by atoms with van der Waals surface area (Å²) in [6.45, 7) is 11.1. The first-order chi connectivity index (χ1) is 7.92. The zero-order valence-corrected chi connectivity index (χ0v) is 15.7. The van der Waals surface area contributed by atoms with Crippen LogP contribution in [0.2, 0.25) is 0 Å². The van der Waals surface area contributed by atoms with Gasteiger partial charge in [-0.1, -0.05) is 6.92 Å². The van der Waals surface area contributed by atoms with Gasteiger partial charge >= 0.3 is 57.5 Å². The van der Waals surface area contributed by atoms with Gasteiger partial charge in [0, 0.05) is 13.1 Å². The third-order valence-electron chi connectivity index (χ3n) is 2.78. The average Bonchev–Trinajstić information content (AvgIpc) is 2.24. The molecule has 1 saturated heterocycles. The molecule has 0 bridgehead atoms. The molecule has 1 atom stereocenters. The van der Waals surface area contributed by atoms with Crippen molar-refractivity contribution in [2.24, 2.45) is 5.92 Å². The molecule has 1 heterocycles. The van der Waals surface area contributed by atoms with E-state index >= 15 is 0 Å². The van der Waals surface area contributed by atoms with E-state index in [0.717, 1.165) is 32.6 Å². The summed E-state index contributed by atoms with van der Waals surface area (Å²) in [4.78, 5) is 13.7. The van der Waals surface area contributed by atoms with Crippen molar-refractivity contribution in [2.75, 3.05) is 26.2 Å². The van der Waals surface area contributed by atoms with Gasteiger partial charge in [0.2, 0.25) is 0 Å². The van der Waals surface area contributed by atoms with Crippen LogP contribution in [0.25, 0.3) is 5.32 Å². The summed E-state index contributed by atoms with van der Waals surface area (Å²) >= 11 is 0. The monoisotopic (exact) mass is 280 g/mol. The van der Waals surface area contributed by atoms with Crippen LogP contribution in [0.3, 0.4) is 0 Å². The van der Waals surface area contributed by atoms with Gasteiger partial charge in [0.1, 0.15) is 5.60 Å². The number of carbonyl (C=O) groups excluding carboxylic acids is 1.